The van der Waals surface area contributed by atoms with Gasteiger partial charge in [-0.05, 0) is 43.5 Å². The highest BCUT2D eigenvalue weighted by Crippen LogP contribution is 2.27. The van der Waals surface area contributed by atoms with Gasteiger partial charge in [-0.2, -0.15) is 0 Å². The molecule has 0 radical (unpaired) electrons. The van der Waals surface area contributed by atoms with E-state index < -0.39 is 0 Å². The zero-order chi connectivity index (χ0) is 14.7. The molecule has 1 fully saturated rings. The van der Waals surface area contributed by atoms with E-state index in [1.54, 1.807) is 12.3 Å². The molecule has 1 aliphatic rings. The fraction of sp³-hybridized carbons (Fsp3) is 0.312. The van der Waals surface area contributed by atoms with Crippen LogP contribution in [0.1, 0.15) is 31.2 Å². The predicted molar refractivity (Wildman–Crippen MR) is 82.2 cm³/mol. The quantitative estimate of drug-likeness (QED) is 0.885. The summed E-state index contributed by atoms with van der Waals surface area (Å²) in [6.45, 7) is 1.90. The van der Waals surface area contributed by atoms with E-state index in [1.165, 1.54) is 19.2 Å². The summed E-state index contributed by atoms with van der Waals surface area (Å²) in [5.74, 6) is 0.215. The van der Waals surface area contributed by atoms with E-state index in [9.17, 15) is 4.79 Å². The second kappa shape index (κ2) is 5.91. The standard InChI is InChI=1S/C16H18N4O/c1-11(16(21)20-15-7-8-17-10-18-15)12-3-2-4-14(9-12)19-13-5-6-13/h2-4,7-11,13,19H,5-6H2,1H3,(H,17,18,20,21). The molecule has 1 aromatic heterocycles. The maximum Gasteiger partial charge on any atom is 0.232 e. The first-order valence-electron chi connectivity index (χ1n) is 7.16. The van der Waals surface area contributed by atoms with Crippen LogP contribution in [0, 0.1) is 0 Å². The third kappa shape index (κ3) is 3.56. The summed E-state index contributed by atoms with van der Waals surface area (Å²) in [5.41, 5.74) is 2.07. The molecular formula is C16H18N4O. The summed E-state index contributed by atoms with van der Waals surface area (Å²) in [6, 6.07) is 10.3. The Bertz CT molecular complexity index is 625. The van der Waals surface area contributed by atoms with Gasteiger partial charge in [-0.25, -0.2) is 9.97 Å². The summed E-state index contributed by atoms with van der Waals surface area (Å²) in [7, 11) is 0. The molecule has 1 amide bonds. The van der Waals surface area contributed by atoms with E-state index in [4.69, 9.17) is 0 Å². The van der Waals surface area contributed by atoms with Crippen LogP contribution in [0.2, 0.25) is 0 Å². The predicted octanol–water partition coefficient (Wildman–Crippen LogP) is 2.79. The number of carbonyl (C=O) groups is 1. The molecule has 1 saturated carbocycles. The molecule has 1 unspecified atom stereocenters. The van der Waals surface area contributed by atoms with Gasteiger partial charge >= 0.3 is 0 Å². The number of anilines is 2. The second-order valence-corrected chi connectivity index (χ2v) is 5.35. The zero-order valence-electron chi connectivity index (χ0n) is 11.9. The smallest absolute Gasteiger partial charge is 0.232 e. The Morgan fingerprint density at radius 2 is 2.19 bits per heavy atom. The van der Waals surface area contributed by atoms with Crippen LogP contribution in [0.5, 0.6) is 0 Å². The first kappa shape index (κ1) is 13.5. The van der Waals surface area contributed by atoms with E-state index in [1.807, 2.05) is 31.2 Å². The third-order valence-corrected chi connectivity index (χ3v) is 3.56. The summed E-state index contributed by atoms with van der Waals surface area (Å²) >= 11 is 0. The first-order chi connectivity index (χ1) is 10.2. The molecule has 1 atom stereocenters. The molecule has 5 nitrogen and oxygen atoms in total. The molecule has 5 heteroatoms. The average Bonchev–Trinajstić information content (AvgIpc) is 3.32. The molecule has 2 aromatic rings. The molecule has 1 heterocycles. The number of nitrogens with zero attached hydrogens (tertiary/aromatic N) is 2. The lowest BCUT2D eigenvalue weighted by Gasteiger charge is -2.14. The van der Waals surface area contributed by atoms with Crippen molar-refractivity contribution in [3.63, 3.8) is 0 Å². The number of hydrogen-bond acceptors (Lipinski definition) is 4. The van der Waals surface area contributed by atoms with Crippen molar-refractivity contribution in [1.29, 1.82) is 0 Å². The van der Waals surface area contributed by atoms with E-state index >= 15 is 0 Å². The normalized spacial score (nSPS) is 15.3. The van der Waals surface area contributed by atoms with E-state index in [2.05, 4.69) is 20.6 Å². The molecule has 21 heavy (non-hydrogen) atoms. The Kier molecular flexibility index (Phi) is 3.81. The summed E-state index contributed by atoms with van der Waals surface area (Å²) in [5, 5.41) is 6.25. The minimum absolute atomic E-state index is 0.0720. The van der Waals surface area contributed by atoms with Crippen LogP contribution < -0.4 is 10.6 Å². The number of nitrogens with one attached hydrogen (secondary N) is 2. The minimum atomic E-state index is -0.235. The van der Waals surface area contributed by atoms with Crippen molar-refractivity contribution < 1.29 is 4.79 Å². The van der Waals surface area contributed by atoms with Gasteiger partial charge in [-0.3, -0.25) is 4.79 Å². The van der Waals surface area contributed by atoms with Crippen molar-refractivity contribution in [3.8, 4) is 0 Å². The van der Waals surface area contributed by atoms with Crippen LogP contribution in [0.25, 0.3) is 0 Å². The molecule has 1 aliphatic carbocycles. The number of benzene rings is 1. The number of amides is 1. The summed E-state index contributed by atoms with van der Waals surface area (Å²) in [4.78, 5) is 20.1. The molecule has 0 saturated heterocycles. The van der Waals surface area contributed by atoms with Gasteiger partial charge in [-0.1, -0.05) is 12.1 Å². The molecule has 3 rings (SSSR count). The highest BCUT2D eigenvalue weighted by Gasteiger charge is 2.21. The van der Waals surface area contributed by atoms with Gasteiger partial charge in [0.15, 0.2) is 0 Å². The zero-order valence-corrected chi connectivity index (χ0v) is 11.9. The van der Waals surface area contributed by atoms with Gasteiger partial charge in [-0.15, -0.1) is 0 Å². The fourth-order valence-electron chi connectivity index (χ4n) is 2.11. The Balaban J connectivity index is 1.68. The largest absolute Gasteiger partial charge is 0.382 e. The lowest BCUT2D eigenvalue weighted by molar-refractivity contribution is -0.117. The van der Waals surface area contributed by atoms with Gasteiger partial charge in [0, 0.05) is 17.9 Å². The molecule has 0 aliphatic heterocycles. The molecule has 108 valence electrons. The molecule has 1 aromatic carbocycles. The van der Waals surface area contributed by atoms with Crippen molar-refractivity contribution >= 4 is 17.4 Å². The van der Waals surface area contributed by atoms with Crippen LogP contribution in [-0.2, 0) is 4.79 Å². The van der Waals surface area contributed by atoms with Gasteiger partial charge in [0.2, 0.25) is 5.91 Å². The fourth-order valence-corrected chi connectivity index (χ4v) is 2.11. The third-order valence-electron chi connectivity index (χ3n) is 3.56. The Hall–Kier alpha value is -2.43. The van der Waals surface area contributed by atoms with E-state index in [-0.39, 0.29) is 11.8 Å². The van der Waals surface area contributed by atoms with Gasteiger partial charge in [0.05, 0.1) is 5.92 Å². The first-order valence-corrected chi connectivity index (χ1v) is 7.16. The van der Waals surface area contributed by atoms with Gasteiger partial charge in [0.1, 0.15) is 12.1 Å². The van der Waals surface area contributed by atoms with Crippen molar-refractivity contribution in [2.45, 2.75) is 31.7 Å². The van der Waals surface area contributed by atoms with E-state index in [0.29, 0.717) is 11.9 Å². The minimum Gasteiger partial charge on any atom is -0.382 e. The Labute approximate surface area is 123 Å². The molecule has 0 bridgehead atoms. The van der Waals surface area contributed by atoms with Crippen LogP contribution >= 0.6 is 0 Å². The summed E-state index contributed by atoms with van der Waals surface area (Å²) < 4.78 is 0. The van der Waals surface area contributed by atoms with Gasteiger partial charge < -0.3 is 10.6 Å². The maximum absolute atomic E-state index is 12.3. The molecule has 2 N–H and O–H groups in total. The second-order valence-electron chi connectivity index (χ2n) is 5.35. The van der Waals surface area contributed by atoms with Crippen LogP contribution in [0.3, 0.4) is 0 Å². The lowest BCUT2D eigenvalue weighted by Crippen LogP contribution is -2.19. The number of rotatable bonds is 5. The number of aromatic nitrogens is 2. The van der Waals surface area contributed by atoms with Crippen molar-refractivity contribution in [2.75, 3.05) is 10.6 Å². The van der Waals surface area contributed by atoms with Crippen LogP contribution in [0.4, 0.5) is 11.5 Å². The van der Waals surface area contributed by atoms with Crippen molar-refractivity contribution in [1.82, 2.24) is 9.97 Å². The number of carbonyl (C=O) groups excluding carboxylic acids is 1. The van der Waals surface area contributed by atoms with Crippen molar-refractivity contribution in [3.05, 3.63) is 48.4 Å². The van der Waals surface area contributed by atoms with E-state index in [0.717, 1.165) is 11.3 Å². The highest BCUT2D eigenvalue weighted by molar-refractivity contribution is 5.94. The summed E-state index contributed by atoms with van der Waals surface area (Å²) in [6.07, 6.45) is 5.48. The topological polar surface area (TPSA) is 66.9 Å². The van der Waals surface area contributed by atoms with Crippen LogP contribution in [-0.4, -0.2) is 21.9 Å². The number of hydrogen-bond donors (Lipinski definition) is 2. The average molecular weight is 282 g/mol. The molecular weight excluding hydrogens is 264 g/mol. The highest BCUT2D eigenvalue weighted by atomic mass is 16.1. The molecule has 0 spiro atoms. The van der Waals surface area contributed by atoms with Crippen molar-refractivity contribution in [2.24, 2.45) is 0 Å². The van der Waals surface area contributed by atoms with Crippen LogP contribution in [0.15, 0.2) is 42.9 Å². The Morgan fingerprint density at radius 3 is 2.90 bits per heavy atom. The SMILES string of the molecule is CC(C(=O)Nc1ccncn1)c1cccc(NC2CC2)c1. The Morgan fingerprint density at radius 1 is 1.33 bits per heavy atom. The van der Waals surface area contributed by atoms with Gasteiger partial charge in [0.25, 0.3) is 0 Å². The maximum atomic E-state index is 12.3. The monoisotopic (exact) mass is 282 g/mol. The lowest BCUT2D eigenvalue weighted by atomic mass is 10.00.